The maximum atomic E-state index is 8.66. The zero-order chi connectivity index (χ0) is 20.6. The maximum absolute atomic E-state index is 8.66. The predicted molar refractivity (Wildman–Crippen MR) is 113 cm³/mol. The number of benzene rings is 2. The SMILES string of the molecule is [2H]c1c([2H])c2nc3ccccc3n2c2oc3c(-c4cc(C)c(C)cn4)cccc3c12. The van der Waals surface area contributed by atoms with E-state index >= 15 is 0 Å². The van der Waals surface area contributed by atoms with Gasteiger partial charge in [-0.2, -0.15) is 0 Å². The second kappa shape index (κ2) is 5.42. The molecule has 6 rings (SSSR count). The molecule has 0 saturated heterocycles. The van der Waals surface area contributed by atoms with Crippen molar-refractivity contribution in [2.45, 2.75) is 13.8 Å². The van der Waals surface area contributed by atoms with Crippen molar-refractivity contribution in [2.24, 2.45) is 0 Å². The van der Waals surface area contributed by atoms with Crippen LogP contribution in [0.5, 0.6) is 0 Å². The van der Waals surface area contributed by atoms with Crippen LogP contribution in [0.2, 0.25) is 0 Å². The molecule has 28 heavy (non-hydrogen) atoms. The molecule has 0 aliphatic carbocycles. The summed E-state index contributed by atoms with van der Waals surface area (Å²) < 4.78 is 25.5. The highest BCUT2D eigenvalue weighted by molar-refractivity contribution is 6.09. The number of fused-ring (bicyclic) bond motifs is 7. The summed E-state index contributed by atoms with van der Waals surface area (Å²) in [5.41, 5.74) is 7.25. The molecule has 0 aliphatic rings. The van der Waals surface area contributed by atoms with Crippen LogP contribution < -0.4 is 0 Å². The van der Waals surface area contributed by atoms with Crippen LogP contribution in [-0.2, 0) is 0 Å². The van der Waals surface area contributed by atoms with E-state index in [-0.39, 0.29) is 12.1 Å². The molecule has 0 fully saturated rings. The molecule has 0 saturated carbocycles. The summed E-state index contributed by atoms with van der Waals surface area (Å²) >= 11 is 0. The summed E-state index contributed by atoms with van der Waals surface area (Å²) in [4.78, 5) is 9.19. The first kappa shape index (κ1) is 13.5. The minimum Gasteiger partial charge on any atom is -0.438 e. The molecular weight excluding hydrogens is 346 g/mol. The van der Waals surface area contributed by atoms with E-state index in [9.17, 15) is 0 Å². The monoisotopic (exact) mass is 365 g/mol. The summed E-state index contributed by atoms with van der Waals surface area (Å²) in [7, 11) is 0. The average Bonchev–Trinajstić information content (AvgIpc) is 3.32. The van der Waals surface area contributed by atoms with Crippen LogP contribution in [0.4, 0.5) is 0 Å². The Balaban J connectivity index is 1.82. The van der Waals surface area contributed by atoms with Gasteiger partial charge in [0.25, 0.3) is 0 Å². The quantitative estimate of drug-likeness (QED) is 0.355. The number of hydrogen-bond donors (Lipinski definition) is 0. The van der Waals surface area contributed by atoms with E-state index in [0.29, 0.717) is 22.3 Å². The smallest absolute Gasteiger partial charge is 0.214 e. The molecule has 4 nitrogen and oxygen atoms in total. The highest BCUT2D eigenvalue weighted by Crippen LogP contribution is 2.36. The van der Waals surface area contributed by atoms with Gasteiger partial charge in [0.05, 0.1) is 19.5 Å². The third-order valence-corrected chi connectivity index (χ3v) is 5.41. The third kappa shape index (κ3) is 2.00. The van der Waals surface area contributed by atoms with Crippen LogP contribution in [0.3, 0.4) is 0 Å². The molecule has 4 heteroatoms. The first-order valence-corrected chi connectivity index (χ1v) is 9.20. The maximum Gasteiger partial charge on any atom is 0.214 e. The molecule has 134 valence electrons. The van der Waals surface area contributed by atoms with Gasteiger partial charge in [-0.3, -0.25) is 9.38 Å². The molecule has 0 aliphatic heterocycles. The number of imidazole rings is 1. The van der Waals surface area contributed by atoms with Crippen LogP contribution in [-0.4, -0.2) is 14.4 Å². The Kier molecular flexibility index (Phi) is 2.62. The Labute approximate surface area is 163 Å². The van der Waals surface area contributed by atoms with Gasteiger partial charge in [-0.1, -0.05) is 24.3 Å². The van der Waals surface area contributed by atoms with Gasteiger partial charge in [0.1, 0.15) is 11.2 Å². The largest absolute Gasteiger partial charge is 0.438 e. The van der Waals surface area contributed by atoms with Crippen LogP contribution in [0.25, 0.3) is 50.0 Å². The lowest BCUT2D eigenvalue weighted by molar-refractivity contribution is 0.651. The predicted octanol–water partition coefficient (Wildman–Crippen LogP) is 6.07. The van der Waals surface area contributed by atoms with Gasteiger partial charge < -0.3 is 4.42 Å². The van der Waals surface area contributed by atoms with Gasteiger partial charge in [0.15, 0.2) is 0 Å². The van der Waals surface area contributed by atoms with E-state index in [1.54, 1.807) is 0 Å². The number of aryl methyl sites for hydroxylation is 2. The van der Waals surface area contributed by atoms with Gasteiger partial charge in [0.2, 0.25) is 5.71 Å². The first-order valence-electron chi connectivity index (χ1n) is 10.2. The lowest BCUT2D eigenvalue weighted by Gasteiger charge is -2.05. The number of nitrogens with zero attached hydrogens (tertiary/aromatic N) is 3. The fraction of sp³-hybridized carbons (Fsp3) is 0.0833. The van der Waals surface area contributed by atoms with Crippen molar-refractivity contribution in [2.75, 3.05) is 0 Å². The molecule has 0 spiro atoms. The molecule has 0 amide bonds. The molecule has 0 radical (unpaired) electrons. The third-order valence-electron chi connectivity index (χ3n) is 5.41. The van der Waals surface area contributed by atoms with Crippen LogP contribution in [0.1, 0.15) is 13.9 Å². The number of pyridine rings is 2. The normalized spacial score (nSPS) is 12.9. The van der Waals surface area contributed by atoms with E-state index in [4.69, 9.17) is 7.16 Å². The molecule has 0 N–H and O–H groups in total. The minimum absolute atomic E-state index is 0.0936. The fourth-order valence-electron chi connectivity index (χ4n) is 3.79. The van der Waals surface area contributed by atoms with Gasteiger partial charge in [-0.15, -0.1) is 0 Å². The van der Waals surface area contributed by atoms with Crippen molar-refractivity contribution in [1.29, 1.82) is 0 Å². The molecular formula is C24H17N3O. The lowest BCUT2D eigenvalue weighted by atomic mass is 10.0. The molecule has 0 unspecified atom stereocenters. The highest BCUT2D eigenvalue weighted by atomic mass is 16.3. The Morgan fingerprint density at radius 1 is 0.964 bits per heavy atom. The number of para-hydroxylation sites is 3. The number of aromatic nitrogens is 3. The molecule has 6 aromatic rings. The number of rotatable bonds is 1. The standard InChI is InChI=1S/C24H17N3O/c1-14-12-20(25-13-15(14)2)18-7-5-6-16-17-10-11-22-26-19-8-3-4-9-21(19)27(22)24(17)28-23(16)18/h3-13H,1-2H3/i10D,11D. The minimum atomic E-state index is 0.0936. The first-order chi connectivity index (χ1) is 14.5. The number of hydrogen-bond acceptors (Lipinski definition) is 3. The second-order valence-electron chi connectivity index (χ2n) is 7.13. The molecule has 4 heterocycles. The van der Waals surface area contributed by atoms with Gasteiger partial charge in [-0.25, -0.2) is 4.98 Å². The van der Waals surface area contributed by atoms with Gasteiger partial charge in [0, 0.05) is 22.5 Å². The van der Waals surface area contributed by atoms with Crippen molar-refractivity contribution in [3.8, 4) is 11.3 Å². The van der Waals surface area contributed by atoms with Gasteiger partial charge in [-0.05, 0) is 61.3 Å². The lowest BCUT2D eigenvalue weighted by Crippen LogP contribution is -1.88. The zero-order valence-electron chi connectivity index (χ0n) is 17.4. The van der Waals surface area contributed by atoms with Crippen molar-refractivity contribution >= 4 is 38.7 Å². The van der Waals surface area contributed by atoms with E-state index in [0.717, 1.165) is 38.8 Å². The van der Waals surface area contributed by atoms with Crippen molar-refractivity contribution in [3.05, 3.63) is 77.9 Å². The topological polar surface area (TPSA) is 43.3 Å². The summed E-state index contributed by atoms with van der Waals surface area (Å²) in [6, 6.07) is 15.9. The van der Waals surface area contributed by atoms with Crippen molar-refractivity contribution < 1.29 is 7.16 Å². The summed E-state index contributed by atoms with van der Waals surface area (Å²) in [6.07, 6.45) is 1.87. The molecule has 2 aromatic carbocycles. The summed E-state index contributed by atoms with van der Waals surface area (Å²) in [5, 5.41) is 1.43. The zero-order valence-corrected chi connectivity index (χ0v) is 15.4. The van der Waals surface area contributed by atoms with E-state index in [1.807, 2.05) is 60.0 Å². The second-order valence-corrected chi connectivity index (χ2v) is 7.13. The summed E-state index contributed by atoms with van der Waals surface area (Å²) in [6.45, 7) is 4.10. The number of furan rings is 1. The highest BCUT2D eigenvalue weighted by Gasteiger charge is 2.17. The molecule has 0 bridgehead atoms. The van der Waals surface area contributed by atoms with E-state index < -0.39 is 0 Å². The van der Waals surface area contributed by atoms with Crippen LogP contribution in [0, 0.1) is 13.8 Å². The molecule has 4 aromatic heterocycles. The Morgan fingerprint density at radius 2 is 1.86 bits per heavy atom. The van der Waals surface area contributed by atoms with E-state index in [1.165, 1.54) is 0 Å². The molecule has 0 atom stereocenters. The Hall–Kier alpha value is -3.66. The Bertz CT molecular complexity index is 1650. The van der Waals surface area contributed by atoms with Crippen molar-refractivity contribution in [1.82, 2.24) is 14.4 Å². The average molecular weight is 365 g/mol. The van der Waals surface area contributed by atoms with Crippen LogP contribution in [0.15, 0.2) is 71.2 Å². The van der Waals surface area contributed by atoms with E-state index in [2.05, 4.69) is 23.0 Å². The van der Waals surface area contributed by atoms with Gasteiger partial charge >= 0.3 is 0 Å². The Morgan fingerprint density at radius 3 is 2.75 bits per heavy atom. The summed E-state index contributed by atoms with van der Waals surface area (Å²) in [5.74, 6) is 0. The van der Waals surface area contributed by atoms with Crippen molar-refractivity contribution in [3.63, 3.8) is 0 Å². The van der Waals surface area contributed by atoms with Crippen LogP contribution >= 0.6 is 0 Å². The fourth-order valence-corrected chi connectivity index (χ4v) is 3.79.